The zero-order valence-corrected chi connectivity index (χ0v) is 10.4. The highest BCUT2D eigenvalue weighted by Crippen LogP contribution is 2.30. The van der Waals surface area contributed by atoms with E-state index in [1.165, 1.54) is 32.1 Å². The first-order valence-corrected chi connectivity index (χ1v) is 7.81. The molecule has 1 saturated carbocycles. The molecule has 0 heterocycles. The van der Waals surface area contributed by atoms with Crippen molar-refractivity contribution in [2.75, 3.05) is 18.1 Å². The summed E-state index contributed by atoms with van der Waals surface area (Å²) in [6.45, 7) is 2.23. The molecule has 0 spiro atoms. The Bertz CT molecular complexity index is 268. The monoisotopic (exact) mass is 233 g/mol. The topological polar surface area (TPSA) is 60.2 Å². The highest BCUT2D eigenvalue weighted by molar-refractivity contribution is 7.91. The number of rotatable bonds is 5. The summed E-state index contributed by atoms with van der Waals surface area (Å²) in [7, 11) is -2.86. The van der Waals surface area contributed by atoms with Crippen LogP contribution in [0.2, 0.25) is 0 Å². The molecule has 0 aromatic rings. The molecular formula is C11H23NO2S. The Labute approximate surface area is 93.3 Å². The van der Waals surface area contributed by atoms with E-state index in [9.17, 15) is 8.42 Å². The van der Waals surface area contributed by atoms with E-state index in [2.05, 4.69) is 0 Å². The van der Waals surface area contributed by atoms with Gasteiger partial charge in [0.2, 0.25) is 0 Å². The van der Waals surface area contributed by atoms with Gasteiger partial charge in [0.25, 0.3) is 0 Å². The van der Waals surface area contributed by atoms with E-state index >= 15 is 0 Å². The fourth-order valence-corrected chi connectivity index (χ4v) is 3.74. The fraction of sp³-hybridized carbons (Fsp3) is 1.00. The van der Waals surface area contributed by atoms with Crippen molar-refractivity contribution in [1.82, 2.24) is 0 Å². The highest BCUT2D eigenvalue weighted by atomic mass is 32.2. The van der Waals surface area contributed by atoms with Gasteiger partial charge in [-0.2, -0.15) is 0 Å². The van der Waals surface area contributed by atoms with E-state index in [0.717, 1.165) is 0 Å². The minimum Gasteiger partial charge on any atom is -0.330 e. The molecule has 15 heavy (non-hydrogen) atoms. The first-order valence-electron chi connectivity index (χ1n) is 5.99. The van der Waals surface area contributed by atoms with E-state index in [-0.39, 0.29) is 11.7 Å². The summed E-state index contributed by atoms with van der Waals surface area (Å²) in [5.74, 6) is 1.28. The van der Waals surface area contributed by atoms with E-state index < -0.39 is 9.84 Å². The maximum Gasteiger partial charge on any atom is 0.150 e. The van der Waals surface area contributed by atoms with Gasteiger partial charge in [-0.25, -0.2) is 8.42 Å². The summed E-state index contributed by atoms with van der Waals surface area (Å²) < 4.78 is 23.1. The van der Waals surface area contributed by atoms with Crippen molar-refractivity contribution in [3.05, 3.63) is 0 Å². The Morgan fingerprint density at radius 2 is 1.87 bits per heavy atom. The summed E-state index contributed by atoms with van der Waals surface area (Å²) in [6, 6.07) is 0. The molecule has 4 heteroatoms. The normalized spacial score (nSPS) is 21.5. The third-order valence-electron chi connectivity index (χ3n) is 3.53. The second-order valence-electron chi connectivity index (χ2n) is 4.59. The van der Waals surface area contributed by atoms with Crippen molar-refractivity contribution in [2.45, 2.75) is 39.0 Å². The van der Waals surface area contributed by atoms with Gasteiger partial charge in [0.15, 0.2) is 0 Å². The summed E-state index contributed by atoms with van der Waals surface area (Å²) in [5, 5.41) is 0. The lowest BCUT2D eigenvalue weighted by Gasteiger charge is -2.29. The number of nitrogens with two attached hydrogens (primary N) is 1. The molecule has 90 valence electrons. The third kappa shape index (κ3) is 4.11. The van der Waals surface area contributed by atoms with Gasteiger partial charge in [0.05, 0.1) is 5.75 Å². The Balaban J connectivity index is 2.54. The second-order valence-corrected chi connectivity index (χ2v) is 6.99. The van der Waals surface area contributed by atoms with Gasteiger partial charge in [-0.05, 0) is 18.4 Å². The van der Waals surface area contributed by atoms with Gasteiger partial charge in [0.1, 0.15) is 9.84 Å². The first kappa shape index (κ1) is 13.0. The number of hydrogen-bond acceptors (Lipinski definition) is 3. The molecule has 0 aromatic heterocycles. The highest BCUT2D eigenvalue weighted by Gasteiger charge is 2.26. The van der Waals surface area contributed by atoms with Crippen LogP contribution in [0.5, 0.6) is 0 Å². The van der Waals surface area contributed by atoms with Crippen LogP contribution >= 0.6 is 0 Å². The minimum absolute atomic E-state index is 0.190. The third-order valence-corrected chi connectivity index (χ3v) is 5.34. The van der Waals surface area contributed by atoms with E-state index in [4.69, 9.17) is 5.73 Å². The van der Waals surface area contributed by atoms with Crippen molar-refractivity contribution < 1.29 is 8.42 Å². The van der Waals surface area contributed by atoms with Crippen LogP contribution in [0.4, 0.5) is 0 Å². The zero-order chi connectivity index (χ0) is 11.3. The van der Waals surface area contributed by atoms with Crippen molar-refractivity contribution in [3.8, 4) is 0 Å². The summed E-state index contributed by atoms with van der Waals surface area (Å²) >= 11 is 0. The summed E-state index contributed by atoms with van der Waals surface area (Å²) in [4.78, 5) is 0. The van der Waals surface area contributed by atoms with E-state index in [0.29, 0.717) is 18.2 Å². The summed E-state index contributed by atoms with van der Waals surface area (Å²) in [6.07, 6.45) is 6.12. The number of hydrogen-bond donors (Lipinski definition) is 1. The maximum atomic E-state index is 11.6. The molecule has 1 unspecified atom stereocenters. The molecular weight excluding hydrogens is 210 g/mol. The fourth-order valence-electron chi connectivity index (χ4n) is 2.45. The van der Waals surface area contributed by atoms with Crippen molar-refractivity contribution in [3.63, 3.8) is 0 Å². The quantitative estimate of drug-likeness (QED) is 0.784. The SMILES string of the molecule is CCS(=O)(=O)CC(CN)C1CCCCC1. The molecule has 1 atom stereocenters. The molecule has 1 fully saturated rings. The molecule has 1 aliphatic rings. The molecule has 2 N–H and O–H groups in total. The average molecular weight is 233 g/mol. The van der Waals surface area contributed by atoms with E-state index in [1.807, 2.05) is 0 Å². The standard InChI is InChI=1S/C11H23NO2S/c1-2-15(13,14)9-11(8-12)10-6-4-3-5-7-10/h10-11H,2-9,12H2,1H3. The second kappa shape index (κ2) is 5.85. The van der Waals surface area contributed by atoms with Crippen LogP contribution in [0.15, 0.2) is 0 Å². The van der Waals surface area contributed by atoms with Crippen LogP contribution in [0.3, 0.4) is 0 Å². The molecule has 1 aliphatic carbocycles. The van der Waals surface area contributed by atoms with Crippen LogP contribution in [0, 0.1) is 11.8 Å². The first-order chi connectivity index (χ1) is 7.09. The Morgan fingerprint density at radius 3 is 2.33 bits per heavy atom. The van der Waals surface area contributed by atoms with Crippen LogP contribution in [0.1, 0.15) is 39.0 Å². The molecule has 0 radical (unpaired) electrons. The average Bonchev–Trinajstić information content (AvgIpc) is 2.27. The van der Waals surface area contributed by atoms with Crippen LogP contribution < -0.4 is 5.73 Å². The zero-order valence-electron chi connectivity index (χ0n) is 9.61. The van der Waals surface area contributed by atoms with Gasteiger partial charge in [-0.1, -0.05) is 39.0 Å². The smallest absolute Gasteiger partial charge is 0.150 e. The molecule has 0 bridgehead atoms. The maximum absolute atomic E-state index is 11.6. The van der Waals surface area contributed by atoms with Crippen molar-refractivity contribution in [1.29, 1.82) is 0 Å². The van der Waals surface area contributed by atoms with Gasteiger partial charge in [-0.15, -0.1) is 0 Å². The van der Waals surface area contributed by atoms with Crippen molar-refractivity contribution >= 4 is 9.84 Å². The molecule has 0 saturated heterocycles. The van der Waals surface area contributed by atoms with Gasteiger partial charge in [-0.3, -0.25) is 0 Å². The van der Waals surface area contributed by atoms with Gasteiger partial charge < -0.3 is 5.73 Å². The lowest BCUT2D eigenvalue weighted by Crippen LogP contribution is -2.32. The Kier molecular flexibility index (Phi) is 5.06. The Morgan fingerprint density at radius 1 is 1.27 bits per heavy atom. The van der Waals surface area contributed by atoms with Crippen LogP contribution in [-0.4, -0.2) is 26.5 Å². The Hall–Kier alpha value is -0.0900. The molecule has 0 aromatic carbocycles. The van der Waals surface area contributed by atoms with Crippen molar-refractivity contribution in [2.24, 2.45) is 17.6 Å². The van der Waals surface area contributed by atoms with Crippen LogP contribution in [-0.2, 0) is 9.84 Å². The van der Waals surface area contributed by atoms with Crippen LogP contribution in [0.25, 0.3) is 0 Å². The largest absolute Gasteiger partial charge is 0.330 e. The van der Waals surface area contributed by atoms with Gasteiger partial charge in [0, 0.05) is 5.75 Å². The molecule has 3 nitrogen and oxygen atoms in total. The predicted octanol–water partition coefficient (Wildman–Crippen LogP) is 1.58. The van der Waals surface area contributed by atoms with Gasteiger partial charge >= 0.3 is 0 Å². The molecule has 0 amide bonds. The lowest BCUT2D eigenvalue weighted by molar-refractivity contribution is 0.270. The lowest BCUT2D eigenvalue weighted by atomic mass is 9.81. The predicted molar refractivity (Wildman–Crippen MR) is 63.4 cm³/mol. The molecule has 0 aliphatic heterocycles. The number of sulfone groups is 1. The molecule has 1 rings (SSSR count). The van der Waals surface area contributed by atoms with E-state index in [1.54, 1.807) is 6.92 Å². The summed E-state index contributed by atoms with van der Waals surface area (Å²) in [5.41, 5.74) is 5.70. The minimum atomic E-state index is -2.86.